The first-order valence-electron chi connectivity index (χ1n) is 8.64. The molecule has 0 fully saturated rings. The van der Waals surface area contributed by atoms with E-state index in [2.05, 4.69) is 10.6 Å². The second kappa shape index (κ2) is 8.75. The van der Waals surface area contributed by atoms with E-state index in [0.29, 0.717) is 22.1 Å². The van der Waals surface area contributed by atoms with E-state index in [4.69, 9.17) is 14.2 Å². The van der Waals surface area contributed by atoms with Crippen LogP contribution in [0.3, 0.4) is 0 Å². The van der Waals surface area contributed by atoms with Crippen LogP contribution in [-0.2, 0) is 14.3 Å². The lowest BCUT2D eigenvalue weighted by molar-refractivity contribution is -0.150. The molecule has 0 saturated carbocycles. The van der Waals surface area contributed by atoms with Gasteiger partial charge >= 0.3 is 5.97 Å². The van der Waals surface area contributed by atoms with Gasteiger partial charge in [-0.05, 0) is 29.5 Å². The highest BCUT2D eigenvalue weighted by Crippen LogP contribution is 2.34. The zero-order chi connectivity index (χ0) is 20.1. The number of hydrogen-bond donors (Lipinski definition) is 2. The van der Waals surface area contributed by atoms with Gasteiger partial charge in [0.25, 0.3) is 11.8 Å². The molecule has 2 aromatic rings. The minimum Gasteiger partial charge on any atom is -0.454 e. The number of rotatable bonds is 7. The Bertz CT molecular complexity index is 865. The third kappa shape index (κ3) is 4.80. The topological polar surface area (TPSA) is 103 Å². The largest absolute Gasteiger partial charge is 0.454 e. The standard InChI is InChI=1S/C19H20N2O6S/c1-11(2)17(21-18(23)15-4-3-7-28-15)19(24)25-9-16(22)20-12-5-6-13-14(8-12)27-10-26-13/h3-8,11,17H,9-10H2,1-2H3,(H,20,22)(H,21,23)/t17-/m0/s1. The van der Waals surface area contributed by atoms with Gasteiger partial charge < -0.3 is 24.8 Å². The van der Waals surface area contributed by atoms with Gasteiger partial charge in [-0.15, -0.1) is 11.3 Å². The zero-order valence-electron chi connectivity index (χ0n) is 15.4. The molecule has 1 atom stereocenters. The van der Waals surface area contributed by atoms with Gasteiger partial charge in [-0.1, -0.05) is 19.9 Å². The van der Waals surface area contributed by atoms with Crippen LogP contribution in [0.5, 0.6) is 11.5 Å². The predicted octanol–water partition coefficient (Wildman–Crippen LogP) is 2.41. The van der Waals surface area contributed by atoms with E-state index >= 15 is 0 Å². The first-order chi connectivity index (χ1) is 13.4. The maximum atomic E-state index is 12.3. The number of hydrogen-bond acceptors (Lipinski definition) is 7. The fraction of sp³-hybridized carbons (Fsp3) is 0.316. The molecule has 2 heterocycles. The molecule has 1 aliphatic heterocycles. The fourth-order valence-electron chi connectivity index (χ4n) is 2.52. The van der Waals surface area contributed by atoms with Crippen LogP contribution in [0.25, 0.3) is 0 Å². The van der Waals surface area contributed by atoms with E-state index in [0.717, 1.165) is 0 Å². The van der Waals surface area contributed by atoms with E-state index in [9.17, 15) is 14.4 Å². The smallest absolute Gasteiger partial charge is 0.329 e. The van der Waals surface area contributed by atoms with Crippen molar-refractivity contribution in [1.82, 2.24) is 5.32 Å². The van der Waals surface area contributed by atoms with Crippen LogP contribution < -0.4 is 20.1 Å². The summed E-state index contributed by atoms with van der Waals surface area (Å²) in [4.78, 5) is 37.1. The van der Waals surface area contributed by atoms with Crippen LogP contribution in [0.2, 0.25) is 0 Å². The third-order valence-corrected chi connectivity index (χ3v) is 4.82. The van der Waals surface area contributed by atoms with Gasteiger partial charge in [-0.3, -0.25) is 9.59 Å². The molecular weight excluding hydrogens is 384 g/mol. The Kier molecular flexibility index (Phi) is 6.15. The number of anilines is 1. The molecule has 0 bridgehead atoms. The number of thiophene rings is 1. The number of esters is 1. The van der Waals surface area contributed by atoms with Crippen LogP contribution in [-0.4, -0.2) is 37.2 Å². The minimum absolute atomic E-state index is 0.137. The average molecular weight is 404 g/mol. The lowest BCUT2D eigenvalue weighted by Gasteiger charge is -2.20. The minimum atomic E-state index is -0.854. The van der Waals surface area contributed by atoms with Crippen LogP contribution in [0.15, 0.2) is 35.7 Å². The Labute approximate surface area is 165 Å². The highest BCUT2D eigenvalue weighted by molar-refractivity contribution is 7.12. The number of carbonyl (C=O) groups is 3. The van der Waals surface area contributed by atoms with E-state index < -0.39 is 24.5 Å². The highest BCUT2D eigenvalue weighted by atomic mass is 32.1. The summed E-state index contributed by atoms with van der Waals surface area (Å²) in [6.45, 7) is 3.24. The maximum Gasteiger partial charge on any atom is 0.329 e. The Hall–Kier alpha value is -3.07. The van der Waals surface area contributed by atoms with Crippen molar-refractivity contribution in [2.75, 3.05) is 18.7 Å². The van der Waals surface area contributed by atoms with Crippen molar-refractivity contribution in [3.05, 3.63) is 40.6 Å². The molecule has 1 aliphatic rings. The SMILES string of the molecule is CC(C)[C@H](NC(=O)c1cccs1)C(=O)OCC(=O)Nc1ccc2c(c1)OCO2. The number of nitrogens with one attached hydrogen (secondary N) is 2. The summed E-state index contributed by atoms with van der Waals surface area (Å²) in [5, 5.41) is 7.05. The second-order valence-corrected chi connectivity index (χ2v) is 7.34. The van der Waals surface area contributed by atoms with Gasteiger partial charge in [0.05, 0.1) is 4.88 Å². The number of fused-ring (bicyclic) bond motifs is 1. The number of ether oxygens (including phenoxy) is 3. The molecule has 1 aromatic heterocycles. The summed E-state index contributed by atoms with van der Waals surface area (Å²) in [6, 6.07) is 7.53. The number of benzene rings is 1. The number of carbonyl (C=O) groups excluding carboxylic acids is 3. The molecule has 8 nitrogen and oxygen atoms in total. The third-order valence-electron chi connectivity index (χ3n) is 3.95. The first kappa shape index (κ1) is 19.7. The predicted molar refractivity (Wildman–Crippen MR) is 103 cm³/mol. The van der Waals surface area contributed by atoms with Crippen molar-refractivity contribution >= 4 is 34.8 Å². The van der Waals surface area contributed by atoms with Crippen molar-refractivity contribution in [3.63, 3.8) is 0 Å². The second-order valence-electron chi connectivity index (χ2n) is 6.40. The van der Waals surface area contributed by atoms with Crippen molar-refractivity contribution in [2.24, 2.45) is 5.92 Å². The van der Waals surface area contributed by atoms with Gasteiger partial charge in [0.1, 0.15) is 6.04 Å². The summed E-state index contributed by atoms with van der Waals surface area (Å²) in [5.41, 5.74) is 0.497. The number of amides is 2. The Morgan fingerprint density at radius 1 is 1.18 bits per heavy atom. The molecule has 3 rings (SSSR count). The van der Waals surface area contributed by atoms with Gasteiger partial charge in [0.15, 0.2) is 18.1 Å². The van der Waals surface area contributed by atoms with Crippen molar-refractivity contribution in [3.8, 4) is 11.5 Å². The molecule has 2 N–H and O–H groups in total. The highest BCUT2D eigenvalue weighted by Gasteiger charge is 2.27. The summed E-state index contributed by atoms with van der Waals surface area (Å²) in [5.74, 6) is -0.583. The van der Waals surface area contributed by atoms with E-state index in [-0.39, 0.29) is 18.6 Å². The van der Waals surface area contributed by atoms with Crippen LogP contribution >= 0.6 is 11.3 Å². The van der Waals surface area contributed by atoms with Crippen molar-refractivity contribution in [2.45, 2.75) is 19.9 Å². The molecule has 28 heavy (non-hydrogen) atoms. The van der Waals surface area contributed by atoms with Crippen molar-refractivity contribution in [1.29, 1.82) is 0 Å². The Morgan fingerprint density at radius 3 is 2.68 bits per heavy atom. The quantitative estimate of drug-likeness (QED) is 0.687. The Balaban J connectivity index is 1.52. The van der Waals surface area contributed by atoms with Gasteiger partial charge in [0, 0.05) is 11.8 Å². The van der Waals surface area contributed by atoms with E-state index in [1.54, 1.807) is 49.6 Å². The molecule has 9 heteroatoms. The van der Waals surface area contributed by atoms with Gasteiger partial charge in [-0.25, -0.2) is 4.79 Å². The molecule has 1 aromatic carbocycles. The molecule has 0 radical (unpaired) electrons. The fourth-order valence-corrected chi connectivity index (χ4v) is 3.14. The molecule has 148 valence electrons. The first-order valence-corrected chi connectivity index (χ1v) is 9.52. The van der Waals surface area contributed by atoms with Gasteiger partial charge in [-0.2, -0.15) is 0 Å². The summed E-state index contributed by atoms with van der Waals surface area (Å²) in [6.07, 6.45) is 0. The molecule has 0 saturated heterocycles. The molecule has 0 spiro atoms. The normalized spacial score (nSPS) is 13.1. The molecule has 0 aliphatic carbocycles. The van der Waals surface area contributed by atoms with Gasteiger partial charge in [0.2, 0.25) is 6.79 Å². The lowest BCUT2D eigenvalue weighted by Crippen LogP contribution is -2.45. The molecular formula is C19H20N2O6S. The maximum absolute atomic E-state index is 12.3. The summed E-state index contributed by atoms with van der Waals surface area (Å²) < 4.78 is 15.5. The summed E-state index contributed by atoms with van der Waals surface area (Å²) in [7, 11) is 0. The summed E-state index contributed by atoms with van der Waals surface area (Å²) >= 11 is 1.28. The molecule has 2 amide bonds. The van der Waals surface area contributed by atoms with E-state index in [1.165, 1.54) is 11.3 Å². The van der Waals surface area contributed by atoms with Crippen LogP contribution in [0.4, 0.5) is 5.69 Å². The average Bonchev–Trinajstić information content (AvgIpc) is 3.35. The van der Waals surface area contributed by atoms with Crippen LogP contribution in [0, 0.1) is 5.92 Å². The van der Waals surface area contributed by atoms with Crippen molar-refractivity contribution < 1.29 is 28.6 Å². The van der Waals surface area contributed by atoms with E-state index in [1.807, 2.05) is 0 Å². The zero-order valence-corrected chi connectivity index (χ0v) is 16.2. The van der Waals surface area contributed by atoms with Crippen LogP contribution in [0.1, 0.15) is 23.5 Å². The lowest BCUT2D eigenvalue weighted by atomic mass is 10.0. The monoisotopic (exact) mass is 404 g/mol. The Morgan fingerprint density at radius 2 is 1.96 bits per heavy atom. The molecule has 0 unspecified atom stereocenters.